The third-order valence-electron chi connectivity index (χ3n) is 5.92. The minimum absolute atomic E-state index is 0.250. The third-order valence-corrected chi connectivity index (χ3v) is 5.92. The Morgan fingerprint density at radius 2 is 1.96 bits per heavy atom. The van der Waals surface area contributed by atoms with Gasteiger partial charge in [-0.1, -0.05) is 24.6 Å². The quantitative estimate of drug-likeness (QED) is 0.930. The van der Waals surface area contributed by atoms with Crippen molar-refractivity contribution in [3.05, 3.63) is 59.9 Å². The lowest BCUT2D eigenvalue weighted by Gasteiger charge is -2.52. The van der Waals surface area contributed by atoms with Crippen molar-refractivity contribution in [2.75, 3.05) is 20.2 Å². The predicted molar refractivity (Wildman–Crippen MR) is 97.2 cm³/mol. The van der Waals surface area contributed by atoms with Crippen molar-refractivity contribution in [3.63, 3.8) is 0 Å². The average Bonchev–Trinajstić information content (AvgIpc) is 2.63. The lowest BCUT2D eigenvalue weighted by molar-refractivity contribution is -0.151. The molecule has 4 heteroatoms. The van der Waals surface area contributed by atoms with E-state index in [0.717, 1.165) is 43.9 Å². The van der Waals surface area contributed by atoms with E-state index >= 15 is 0 Å². The highest BCUT2D eigenvalue weighted by atomic mass is 16.5. The number of methoxy groups -OCH3 is 1. The summed E-state index contributed by atoms with van der Waals surface area (Å²) in [5.41, 5.74) is 1.34. The summed E-state index contributed by atoms with van der Waals surface area (Å²) < 4.78 is 5.34. The Hall–Kier alpha value is -1.91. The van der Waals surface area contributed by atoms with Crippen LogP contribution in [0.1, 0.15) is 30.5 Å². The van der Waals surface area contributed by atoms with E-state index < -0.39 is 5.60 Å². The minimum atomic E-state index is -0.773. The second-order valence-electron chi connectivity index (χ2n) is 7.41. The van der Waals surface area contributed by atoms with Crippen LogP contribution in [0, 0.1) is 11.8 Å². The fourth-order valence-corrected chi connectivity index (χ4v) is 4.72. The molecule has 0 radical (unpaired) electrons. The van der Waals surface area contributed by atoms with Gasteiger partial charge in [-0.05, 0) is 42.7 Å². The molecular formula is C21H26N2O2. The van der Waals surface area contributed by atoms with Crippen molar-refractivity contribution < 1.29 is 9.84 Å². The second kappa shape index (κ2) is 6.77. The summed E-state index contributed by atoms with van der Waals surface area (Å²) in [4.78, 5) is 6.99. The molecule has 1 aliphatic carbocycles. The van der Waals surface area contributed by atoms with Crippen LogP contribution in [0.15, 0.2) is 48.7 Å². The molecule has 1 aromatic carbocycles. The molecular weight excluding hydrogens is 312 g/mol. The molecule has 2 fully saturated rings. The average molecular weight is 338 g/mol. The molecule has 0 amide bonds. The molecule has 0 spiro atoms. The Balaban J connectivity index is 1.55. The van der Waals surface area contributed by atoms with Gasteiger partial charge in [0.25, 0.3) is 0 Å². The first-order chi connectivity index (χ1) is 12.2. The van der Waals surface area contributed by atoms with Crippen molar-refractivity contribution in [3.8, 4) is 5.75 Å². The molecule has 0 unspecified atom stereocenters. The number of benzene rings is 1. The number of hydrogen-bond acceptors (Lipinski definition) is 4. The van der Waals surface area contributed by atoms with E-state index in [1.54, 1.807) is 13.3 Å². The molecule has 4 rings (SSSR count). The van der Waals surface area contributed by atoms with Crippen molar-refractivity contribution in [1.29, 1.82) is 0 Å². The predicted octanol–water partition coefficient (Wildman–Crippen LogP) is 3.21. The highest BCUT2D eigenvalue weighted by Gasteiger charge is 2.52. The van der Waals surface area contributed by atoms with Crippen LogP contribution in [-0.2, 0) is 12.1 Å². The highest BCUT2D eigenvalue weighted by molar-refractivity contribution is 5.28. The van der Waals surface area contributed by atoms with Gasteiger partial charge < -0.3 is 9.84 Å². The maximum Gasteiger partial charge on any atom is 0.119 e. The molecule has 1 saturated carbocycles. The van der Waals surface area contributed by atoms with Crippen LogP contribution >= 0.6 is 0 Å². The van der Waals surface area contributed by atoms with E-state index in [1.807, 2.05) is 30.3 Å². The molecule has 2 aromatic rings. The first kappa shape index (κ1) is 16.6. The fraction of sp³-hybridized carbons (Fsp3) is 0.476. The van der Waals surface area contributed by atoms with Gasteiger partial charge in [-0.2, -0.15) is 0 Å². The zero-order valence-electron chi connectivity index (χ0n) is 14.8. The Labute approximate surface area is 149 Å². The molecule has 1 aromatic heterocycles. The van der Waals surface area contributed by atoms with Crippen molar-refractivity contribution in [2.24, 2.45) is 11.8 Å². The van der Waals surface area contributed by atoms with E-state index in [-0.39, 0.29) is 11.8 Å². The molecule has 1 N–H and O–H groups in total. The summed E-state index contributed by atoms with van der Waals surface area (Å²) in [6.45, 7) is 2.74. The van der Waals surface area contributed by atoms with E-state index in [9.17, 15) is 5.11 Å². The summed E-state index contributed by atoms with van der Waals surface area (Å²) in [6, 6.07) is 14.2. The second-order valence-corrected chi connectivity index (χ2v) is 7.41. The van der Waals surface area contributed by atoms with E-state index in [2.05, 4.69) is 22.0 Å². The largest absolute Gasteiger partial charge is 0.497 e. The standard InChI is InChI=1S/C21H26N2O2/c1-25-19-9-4-6-16(12-19)13-23-14-17-7-5-8-18(15-23)21(17,24)20-10-2-3-11-22-20/h2-4,6,9-12,17-18,24H,5,7-8,13-15H2,1H3/t17-,18-/m1/s1. The number of fused-ring (bicyclic) bond motifs is 2. The van der Waals surface area contributed by atoms with Gasteiger partial charge in [0.15, 0.2) is 0 Å². The molecule has 2 aliphatic rings. The van der Waals surface area contributed by atoms with E-state index in [1.165, 1.54) is 12.0 Å². The summed E-state index contributed by atoms with van der Waals surface area (Å²) >= 11 is 0. The number of pyridine rings is 1. The Morgan fingerprint density at radius 3 is 2.64 bits per heavy atom. The van der Waals surface area contributed by atoms with Crippen LogP contribution in [0.5, 0.6) is 5.75 Å². The third kappa shape index (κ3) is 3.05. The lowest BCUT2D eigenvalue weighted by Crippen LogP contribution is -2.58. The first-order valence-corrected chi connectivity index (χ1v) is 9.19. The van der Waals surface area contributed by atoms with E-state index in [4.69, 9.17) is 4.74 Å². The molecule has 2 heterocycles. The number of nitrogens with zero attached hydrogens (tertiary/aromatic N) is 2. The van der Waals surface area contributed by atoms with Crippen LogP contribution in [0.25, 0.3) is 0 Å². The maximum atomic E-state index is 11.6. The van der Waals surface area contributed by atoms with Gasteiger partial charge in [0.2, 0.25) is 0 Å². The number of rotatable bonds is 4. The van der Waals surface area contributed by atoms with Crippen molar-refractivity contribution in [1.82, 2.24) is 9.88 Å². The Bertz CT molecular complexity index is 705. The number of likely N-dealkylation sites (tertiary alicyclic amines) is 1. The molecule has 2 atom stereocenters. The van der Waals surface area contributed by atoms with Crippen molar-refractivity contribution >= 4 is 0 Å². The normalized spacial score (nSPS) is 29.4. The molecule has 1 aliphatic heterocycles. The first-order valence-electron chi connectivity index (χ1n) is 9.19. The molecule has 1 saturated heterocycles. The van der Waals surface area contributed by atoms with Gasteiger partial charge in [0, 0.05) is 37.7 Å². The van der Waals surface area contributed by atoms with Crippen LogP contribution in [-0.4, -0.2) is 35.2 Å². The summed E-state index contributed by atoms with van der Waals surface area (Å²) in [5, 5.41) is 11.6. The summed E-state index contributed by atoms with van der Waals surface area (Å²) in [6.07, 6.45) is 5.14. The molecule has 2 bridgehead atoms. The van der Waals surface area contributed by atoms with Crippen molar-refractivity contribution in [2.45, 2.75) is 31.4 Å². The lowest BCUT2D eigenvalue weighted by atomic mass is 9.64. The number of hydrogen-bond donors (Lipinski definition) is 1. The molecule has 4 nitrogen and oxygen atoms in total. The zero-order chi connectivity index (χ0) is 17.3. The minimum Gasteiger partial charge on any atom is -0.497 e. The summed E-state index contributed by atoms with van der Waals surface area (Å²) in [5.74, 6) is 1.40. The van der Waals surface area contributed by atoms with Gasteiger partial charge in [-0.15, -0.1) is 0 Å². The number of aliphatic hydroxyl groups is 1. The van der Waals surface area contributed by atoms with E-state index in [0.29, 0.717) is 0 Å². The van der Waals surface area contributed by atoms with Crippen LogP contribution in [0.4, 0.5) is 0 Å². The number of aromatic nitrogens is 1. The maximum absolute atomic E-state index is 11.6. The van der Waals surface area contributed by atoms with Gasteiger partial charge in [-0.3, -0.25) is 9.88 Å². The van der Waals surface area contributed by atoms with Gasteiger partial charge in [0.1, 0.15) is 11.4 Å². The van der Waals surface area contributed by atoms with Gasteiger partial charge in [-0.25, -0.2) is 0 Å². The van der Waals surface area contributed by atoms with Crippen LogP contribution < -0.4 is 4.74 Å². The van der Waals surface area contributed by atoms with Gasteiger partial charge in [0.05, 0.1) is 12.8 Å². The molecule has 132 valence electrons. The smallest absolute Gasteiger partial charge is 0.119 e. The number of ether oxygens (including phenoxy) is 1. The van der Waals surface area contributed by atoms with Crippen LogP contribution in [0.3, 0.4) is 0 Å². The Kier molecular flexibility index (Phi) is 4.48. The number of piperidine rings is 1. The SMILES string of the molecule is COc1cccc(CN2C[C@H]3CCC[C@H](C2)C3(O)c2ccccn2)c1. The molecule has 25 heavy (non-hydrogen) atoms. The fourth-order valence-electron chi connectivity index (χ4n) is 4.72. The van der Waals surface area contributed by atoms with Gasteiger partial charge >= 0.3 is 0 Å². The van der Waals surface area contributed by atoms with Crippen LogP contribution in [0.2, 0.25) is 0 Å². The summed E-state index contributed by atoms with van der Waals surface area (Å²) in [7, 11) is 1.71. The topological polar surface area (TPSA) is 45.6 Å². The highest BCUT2D eigenvalue weighted by Crippen LogP contribution is 2.48. The monoisotopic (exact) mass is 338 g/mol. The Morgan fingerprint density at radius 1 is 1.16 bits per heavy atom. The zero-order valence-corrected chi connectivity index (χ0v) is 14.8.